The third-order valence-corrected chi connectivity index (χ3v) is 0.321. The van der Waals surface area contributed by atoms with Gasteiger partial charge < -0.3 is 22.7 Å². The van der Waals surface area contributed by atoms with E-state index in [9.17, 15) is 9.59 Å². The van der Waals surface area contributed by atoms with E-state index in [0.717, 1.165) is 0 Å². The minimum atomic E-state index is -0.134. The van der Waals surface area contributed by atoms with Crippen molar-refractivity contribution in [1.29, 1.82) is 0 Å². The summed E-state index contributed by atoms with van der Waals surface area (Å²) in [5, 5.41) is 0. The van der Waals surface area contributed by atoms with Gasteiger partial charge in [0.25, 0.3) is 0 Å². The second kappa shape index (κ2) is 34.1. The summed E-state index contributed by atoms with van der Waals surface area (Å²) < 4.78 is 0. The third kappa shape index (κ3) is 87.6. The molecule has 0 aromatic heterocycles. The van der Waals surface area contributed by atoms with Gasteiger partial charge in [-0.1, -0.05) is 6.42 Å². The largest absolute Gasteiger partial charge is 3.00 e. The van der Waals surface area contributed by atoms with E-state index in [0.29, 0.717) is 0 Å². The van der Waals surface area contributed by atoms with Gasteiger partial charge in [0.2, 0.25) is 0 Å². The molecule has 0 atom stereocenters. The van der Waals surface area contributed by atoms with E-state index in [4.69, 9.17) is 0 Å². The molecule has 0 aromatic rings. The van der Waals surface area contributed by atoms with Gasteiger partial charge in [-0.15, -0.1) is 0 Å². The van der Waals surface area contributed by atoms with Crippen molar-refractivity contribution in [3.63, 3.8) is 0 Å². The molecule has 0 aliphatic rings. The maximum Gasteiger partial charge on any atom is 3.00 e. The Morgan fingerprint density at radius 1 is 1.36 bits per heavy atom. The van der Waals surface area contributed by atoms with Gasteiger partial charge >= 0.3 is 19.5 Å². The first-order valence-electron chi connectivity index (χ1n) is 2.43. The maximum absolute atomic E-state index is 9.78. The Morgan fingerprint density at radius 2 is 1.64 bits per heavy atom. The van der Waals surface area contributed by atoms with Crippen LogP contribution in [0.2, 0.25) is 0 Å². The molecular weight excluding hydrogens is 231 g/mol. The van der Waals surface area contributed by atoms with Gasteiger partial charge in [-0.05, 0) is 6.92 Å². The van der Waals surface area contributed by atoms with Crippen molar-refractivity contribution in [2.24, 2.45) is 0 Å². The topological polar surface area (TPSA) is 34.1 Å². The van der Waals surface area contributed by atoms with Crippen molar-refractivity contribution in [2.45, 2.75) is 13.3 Å². The fourth-order valence-corrected chi connectivity index (χ4v) is 0.102. The van der Waals surface area contributed by atoms with Crippen LogP contribution in [0.1, 0.15) is 13.3 Å². The predicted molar refractivity (Wildman–Crippen MR) is 40.8 cm³/mol. The van der Waals surface area contributed by atoms with Gasteiger partial charge in [-0.3, -0.25) is 19.4 Å². The first-order valence-corrected chi connectivity index (χ1v) is 2.43. The maximum atomic E-state index is 9.78. The fraction of sp³-hybridized carbons (Fsp3) is 0.250. The van der Waals surface area contributed by atoms with E-state index in [1.165, 1.54) is 13.2 Å². The van der Waals surface area contributed by atoms with Crippen LogP contribution >= 0.6 is 0 Å². The van der Waals surface area contributed by atoms with Gasteiger partial charge in [-0.25, -0.2) is 0 Å². The molecule has 0 heterocycles. The first kappa shape index (κ1) is 22.4. The number of hydrogen-bond acceptors (Lipinski definition) is 2. The quantitative estimate of drug-likeness (QED) is 0.415. The predicted octanol–water partition coefficient (Wildman–Crippen LogP) is 1.28. The van der Waals surface area contributed by atoms with E-state index >= 15 is 0 Å². The molecule has 0 spiro atoms. The summed E-state index contributed by atoms with van der Waals surface area (Å²) >= 11 is 0. The van der Waals surface area contributed by atoms with Crippen LogP contribution in [0.3, 0.4) is 0 Å². The molecule has 0 N–H and O–H groups in total. The summed E-state index contributed by atoms with van der Waals surface area (Å²) in [4.78, 5) is 19.1. The zero-order valence-electron chi connectivity index (χ0n) is 6.43. The van der Waals surface area contributed by atoms with Crippen molar-refractivity contribution >= 4 is 12.1 Å². The number of Topliss-reactive ketones (excluding diaryl/α,β-unsaturated/α-hetero) is 1. The molecule has 0 aromatic carbocycles. The minimum absolute atomic E-state index is 0. The van der Waals surface area contributed by atoms with E-state index in [1.807, 2.05) is 0 Å². The second-order valence-corrected chi connectivity index (χ2v) is 1.02. The molecule has 11 heavy (non-hydrogen) atoms. The number of hydrogen-bond donors (Lipinski definition) is 0. The number of ketones is 1. The van der Waals surface area contributed by atoms with Gasteiger partial charge in [0, 0.05) is 0 Å². The Morgan fingerprint density at radius 3 is 1.64 bits per heavy atom. The van der Waals surface area contributed by atoms with Gasteiger partial charge in [-0.2, -0.15) is 0 Å². The SMILES string of the molecule is CC(=O)C[C-]=O.[CH-]=C.[CH-]=C.[Rh+3]. The normalized spacial score (nSPS) is 4.82. The molecule has 64 valence electrons. The van der Waals surface area contributed by atoms with Crippen LogP contribution < -0.4 is 0 Å². The van der Waals surface area contributed by atoms with Crippen LogP contribution in [-0.2, 0) is 29.1 Å². The molecule has 0 rings (SSSR count). The average molecular weight is 242 g/mol. The summed E-state index contributed by atoms with van der Waals surface area (Å²) in [7, 11) is 0. The molecule has 0 aliphatic carbocycles. The van der Waals surface area contributed by atoms with E-state index < -0.39 is 0 Å². The summed E-state index contributed by atoms with van der Waals surface area (Å²) in [6.07, 6.45) is 1.40. The van der Waals surface area contributed by atoms with E-state index in [-0.39, 0.29) is 31.7 Å². The molecular formula is C8H11O2Rh. The Bertz CT molecular complexity index is 90.1. The number of carbonyl (C=O) groups is 1. The summed E-state index contributed by atoms with van der Waals surface area (Å²) in [6, 6.07) is 0. The molecule has 0 bridgehead atoms. The number of rotatable bonds is 2. The molecule has 0 aliphatic heterocycles. The molecule has 0 amide bonds. The second-order valence-electron chi connectivity index (χ2n) is 1.02. The molecule has 0 unspecified atom stereocenters. The Kier molecular flexibility index (Phi) is 69.5. The third-order valence-electron chi connectivity index (χ3n) is 0.321. The van der Waals surface area contributed by atoms with Crippen LogP contribution in [0.5, 0.6) is 0 Å². The molecule has 0 saturated heterocycles. The van der Waals surface area contributed by atoms with Crippen LogP contribution in [0.4, 0.5) is 0 Å². The smallest absolute Gasteiger partial charge is 0.541 e. The summed E-state index contributed by atoms with van der Waals surface area (Å²) in [5.74, 6) is -0.134. The van der Waals surface area contributed by atoms with Crippen molar-refractivity contribution in [1.82, 2.24) is 0 Å². The fourth-order valence-electron chi connectivity index (χ4n) is 0.102. The standard InChI is InChI=1S/C4H5O2.2C2H3.Rh/c1-4(6)2-3-5;2*1-2;/h2H2,1H3;2*1H,2H2;/q3*-1;+3. The molecule has 3 heteroatoms. The van der Waals surface area contributed by atoms with Crippen LogP contribution in [0.15, 0.2) is 13.2 Å². The first-order chi connectivity index (χ1) is 4.77. The van der Waals surface area contributed by atoms with Crippen molar-refractivity contribution in [3.05, 3.63) is 26.3 Å². The molecule has 0 radical (unpaired) electrons. The van der Waals surface area contributed by atoms with Crippen LogP contribution in [0.25, 0.3) is 0 Å². The van der Waals surface area contributed by atoms with Crippen LogP contribution in [-0.4, -0.2) is 12.1 Å². The molecule has 2 nitrogen and oxygen atoms in total. The van der Waals surface area contributed by atoms with Gasteiger partial charge in [0.1, 0.15) is 5.78 Å². The van der Waals surface area contributed by atoms with Crippen molar-refractivity contribution < 1.29 is 29.1 Å². The average Bonchev–Trinajstić information content (AvgIpc) is 1.96. The van der Waals surface area contributed by atoms with Crippen LogP contribution in [0, 0.1) is 13.2 Å². The Balaban J connectivity index is -0.0000000428. The monoisotopic (exact) mass is 242 g/mol. The van der Waals surface area contributed by atoms with E-state index in [2.05, 4.69) is 26.3 Å². The zero-order chi connectivity index (χ0) is 8.99. The summed E-state index contributed by atoms with van der Waals surface area (Å²) in [6.45, 7) is 15.4. The summed E-state index contributed by atoms with van der Waals surface area (Å²) in [5.41, 5.74) is 0. The van der Waals surface area contributed by atoms with Crippen molar-refractivity contribution in [2.75, 3.05) is 0 Å². The number of carbonyl (C=O) groups excluding carboxylic acids is 2. The molecule has 0 fully saturated rings. The van der Waals surface area contributed by atoms with E-state index in [1.54, 1.807) is 0 Å². The Hall–Kier alpha value is -0.557. The van der Waals surface area contributed by atoms with Crippen molar-refractivity contribution in [3.8, 4) is 0 Å². The zero-order valence-corrected chi connectivity index (χ0v) is 8.06. The van der Waals surface area contributed by atoms with Gasteiger partial charge in [0.15, 0.2) is 0 Å². The van der Waals surface area contributed by atoms with Gasteiger partial charge in [0.05, 0.1) is 0 Å². The minimum Gasteiger partial charge on any atom is -0.541 e. The molecule has 0 saturated carbocycles. The Labute approximate surface area is 81.1 Å².